The SMILES string of the molecule is COc1cccc(/C(C)=C2\S/C(=N/c3nnc(C)s3)N(C3CCCCC3)C2=O)c1. The Morgan fingerprint density at radius 1 is 1.24 bits per heavy atom. The van der Waals surface area contributed by atoms with Crippen molar-refractivity contribution < 1.29 is 9.53 Å². The van der Waals surface area contributed by atoms with E-state index in [2.05, 4.69) is 10.2 Å². The molecule has 6 nitrogen and oxygen atoms in total. The Bertz CT molecular complexity index is 977. The molecule has 0 unspecified atom stereocenters. The molecule has 2 heterocycles. The van der Waals surface area contributed by atoms with Crippen molar-refractivity contribution in [1.29, 1.82) is 0 Å². The Labute approximate surface area is 179 Å². The number of hydrogen-bond donors (Lipinski definition) is 0. The third-order valence-corrected chi connectivity index (χ3v) is 7.19. The summed E-state index contributed by atoms with van der Waals surface area (Å²) in [5, 5.41) is 10.4. The van der Waals surface area contributed by atoms with Gasteiger partial charge in [-0.3, -0.25) is 9.69 Å². The highest BCUT2D eigenvalue weighted by Crippen LogP contribution is 2.41. The summed E-state index contributed by atoms with van der Waals surface area (Å²) in [6.07, 6.45) is 5.58. The van der Waals surface area contributed by atoms with Gasteiger partial charge in [-0.15, -0.1) is 10.2 Å². The van der Waals surface area contributed by atoms with Crippen molar-refractivity contribution in [3.8, 4) is 5.75 Å². The van der Waals surface area contributed by atoms with E-state index in [4.69, 9.17) is 9.73 Å². The fourth-order valence-corrected chi connectivity index (χ4v) is 5.47. The fraction of sp³-hybridized carbons (Fsp3) is 0.429. The zero-order chi connectivity index (χ0) is 20.4. The summed E-state index contributed by atoms with van der Waals surface area (Å²) in [4.78, 5) is 20.8. The number of amides is 1. The Kier molecular flexibility index (Phi) is 6.01. The van der Waals surface area contributed by atoms with Crippen molar-refractivity contribution in [3.63, 3.8) is 0 Å². The minimum absolute atomic E-state index is 0.0437. The summed E-state index contributed by atoms with van der Waals surface area (Å²) in [5.41, 5.74) is 1.93. The van der Waals surface area contributed by atoms with E-state index in [1.165, 1.54) is 29.5 Å². The number of allylic oxidation sites excluding steroid dienone is 1. The smallest absolute Gasteiger partial charge is 0.267 e. The molecule has 1 saturated carbocycles. The summed E-state index contributed by atoms with van der Waals surface area (Å²) in [7, 11) is 1.65. The highest BCUT2D eigenvalue weighted by atomic mass is 32.2. The first-order valence-corrected chi connectivity index (χ1v) is 11.5. The van der Waals surface area contributed by atoms with Crippen LogP contribution in [0.4, 0.5) is 5.13 Å². The Balaban J connectivity index is 1.74. The first kappa shape index (κ1) is 20.1. The lowest BCUT2D eigenvalue weighted by molar-refractivity contribution is -0.124. The van der Waals surface area contributed by atoms with E-state index in [1.54, 1.807) is 7.11 Å². The predicted molar refractivity (Wildman–Crippen MR) is 119 cm³/mol. The van der Waals surface area contributed by atoms with Crippen molar-refractivity contribution in [2.45, 2.75) is 52.0 Å². The third-order valence-electron chi connectivity index (χ3n) is 5.30. The van der Waals surface area contributed by atoms with Crippen LogP contribution in [0.15, 0.2) is 34.2 Å². The number of benzene rings is 1. The molecule has 8 heteroatoms. The van der Waals surface area contributed by atoms with E-state index < -0.39 is 0 Å². The van der Waals surface area contributed by atoms with Gasteiger partial charge in [0.05, 0.1) is 12.0 Å². The number of aromatic nitrogens is 2. The zero-order valence-corrected chi connectivity index (χ0v) is 18.5. The molecule has 1 aromatic heterocycles. The highest BCUT2D eigenvalue weighted by Gasteiger charge is 2.40. The largest absolute Gasteiger partial charge is 0.497 e. The van der Waals surface area contributed by atoms with Crippen LogP contribution in [-0.4, -0.2) is 39.3 Å². The number of aryl methyl sites for hydroxylation is 1. The van der Waals surface area contributed by atoms with Gasteiger partial charge in [0.15, 0.2) is 5.17 Å². The standard InChI is InChI=1S/C21H24N4O2S2/c1-13(15-8-7-11-17(12-15)27-3)18-19(26)25(16-9-5-4-6-10-16)21(29-18)22-20-24-23-14(2)28-20/h7-8,11-12,16H,4-6,9-10H2,1-3H3/b18-13-,22-21+. The van der Waals surface area contributed by atoms with Gasteiger partial charge in [0.1, 0.15) is 10.8 Å². The van der Waals surface area contributed by atoms with Gasteiger partial charge in [-0.25, -0.2) is 0 Å². The molecule has 29 heavy (non-hydrogen) atoms. The van der Waals surface area contributed by atoms with Crippen molar-refractivity contribution in [2.24, 2.45) is 4.99 Å². The average Bonchev–Trinajstić information content (AvgIpc) is 3.30. The maximum Gasteiger partial charge on any atom is 0.267 e. The maximum absolute atomic E-state index is 13.5. The van der Waals surface area contributed by atoms with Crippen LogP contribution >= 0.6 is 23.1 Å². The van der Waals surface area contributed by atoms with Crippen molar-refractivity contribution in [3.05, 3.63) is 39.7 Å². The quantitative estimate of drug-likeness (QED) is 0.628. The minimum atomic E-state index is 0.0437. The number of hydrogen-bond acceptors (Lipinski definition) is 7. The van der Waals surface area contributed by atoms with Gasteiger partial charge in [0, 0.05) is 6.04 Å². The fourth-order valence-electron chi connectivity index (χ4n) is 3.76. The molecule has 4 rings (SSSR count). The Morgan fingerprint density at radius 3 is 2.72 bits per heavy atom. The van der Waals surface area contributed by atoms with E-state index in [0.29, 0.717) is 5.13 Å². The molecule has 1 saturated heterocycles. The van der Waals surface area contributed by atoms with E-state index in [9.17, 15) is 4.79 Å². The number of ether oxygens (including phenoxy) is 1. The van der Waals surface area contributed by atoms with E-state index >= 15 is 0 Å². The van der Waals surface area contributed by atoms with Gasteiger partial charge < -0.3 is 4.74 Å². The number of aliphatic imine (C=N–C) groups is 1. The summed E-state index contributed by atoms with van der Waals surface area (Å²) >= 11 is 2.89. The molecule has 0 radical (unpaired) electrons. The average molecular weight is 429 g/mol. The lowest BCUT2D eigenvalue weighted by Crippen LogP contribution is -2.40. The second-order valence-corrected chi connectivity index (χ2v) is 9.39. The molecule has 2 aliphatic rings. The summed E-state index contributed by atoms with van der Waals surface area (Å²) < 4.78 is 5.35. The van der Waals surface area contributed by atoms with Gasteiger partial charge >= 0.3 is 0 Å². The Hall–Kier alpha value is -2.19. The van der Waals surface area contributed by atoms with Crippen LogP contribution in [0, 0.1) is 6.92 Å². The van der Waals surface area contributed by atoms with Gasteiger partial charge in [-0.05, 0) is 61.7 Å². The van der Waals surface area contributed by atoms with E-state index in [1.807, 2.05) is 43.0 Å². The summed E-state index contributed by atoms with van der Waals surface area (Å²) in [6.45, 7) is 3.90. The number of carbonyl (C=O) groups excluding carboxylic acids is 1. The number of rotatable bonds is 4. The summed E-state index contributed by atoms with van der Waals surface area (Å²) in [5.74, 6) is 0.822. The topological polar surface area (TPSA) is 67.7 Å². The van der Waals surface area contributed by atoms with Crippen LogP contribution < -0.4 is 4.74 Å². The van der Waals surface area contributed by atoms with Gasteiger partial charge in [-0.1, -0.05) is 42.7 Å². The van der Waals surface area contributed by atoms with E-state index in [0.717, 1.165) is 57.6 Å². The third kappa shape index (κ3) is 4.23. The molecule has 2 fully saturated rings. The molecule has 0 spiro atoms. The maximum atomic E-state index is 13.5. The molecule has 1 aliphatic carbocycles. The number of amidine groups is 1. The normalized spacial score (nSPS) is 21.1. The molecule has 1 aromatic carbocycles. The predicted octanol–water partition coefficient (Wildman–Crippen LogP) is 5.18. The first-order valence-electron chi connectivity index (χ1n) is 9.82. The molecule has 0 atom stereocenters. The molecular formula is C21H24N4O2S2. The molecule has 2 aromatic rings. The van der Waals surface area contributed by atoms with Crippen LogP contribution in [0.3, 0.4) is 0 Å². The molecule has 1 amide bonds. The zero-order valence-electron chi connectivity index (χ0n) is 16.8. The first-order chi connectivity index (χ1) is 14.1. The second-order valence-electron chi connectivity index (χ2n) is 7.25. The number of nitrogens with zero attached hydrogens (tertiary/aromatic N) is 4. The lowest BCUT2D eigenvalue weighted by Gasteiger charge is -2.30. The number of methoxy groups -OCH3 is 1. The number of thioether (sulfide) groups is 1. The lowest BCUT2D eigenvalue weighted by atomic mass is 9.94. The monoisotopic (exact) mass is 428 g/mol. The van der Waals surface area contributed by atoms with Gasteiger partial charge in [0.25, 0.3) is 5.91 Å². The second kappa shape index (κ2) is 8.67. The van der Waals surface area contributed by atoms with Gasteiger partial charge in [-0.2, -0.15) is 4.99 Å². The molecule has 1 aliphatic heterocycles. The van der Waals surface area contributed by atoms with Crippen LogP contribution in [0.5, 0.6) is 5.75 Å². The minimum Gasteiger partial charge on any atom is -0.497 e. The Morgan fingerprint density at radius 2 is 2.03 bits per heavy atom. The molecular weight excluding hydrogens is 404 g/mol. The molecule has 0 N–H and O–H groups in total. The number of carbonyl (C=O) groups is 1. The van der Waals surface area contributed by atoms with Crippen molar-refractivity contribution >= 4 is 44.9 Å². The molecule has 152 valence electrons. The van der Waals surface area contributed by atoms with E-state index in [-0.39, 0.29) is 11.9 Å². The summed E-state index contributed by atoms with van der Waals surface area (Å²) in [6, 6.07) is 8.02. The van der Waals surface area contributed by atoms with Crippen LogP contribution in [0.2, 0.25) is 0 Å². The molecule has 0 bridgehead atoms. The highest BCUT2D eigenvalue weighted by molar-refractivity contribution is 8.18. The van der Waals surface area contributed by atoms with Crippen LogP contribution in [0.1, 0.15) is 49.6 Å². The van der Waals surface area contributed by atoms with Crippen molar-refractivity contribution in [2.75, 3.05) is 7.11 Å². The van der Waals surface area contributed by atoms with Crippen LogP contribution in [-0.2, 0) is 4.79 Å². The van der Waals surface area contributed by atoms with Crippen molar-refractivity contribution in [1.82, 2.24) is 15.1 Å². The van der Waals surface area contributed by atoms with Crippen LogP contribution in [0.25, 0.3) is 5.57 Å². The van der Waals surface area contributed by atoms with Gasteiger partial charge in [0.2, 0.25) is 5.13 Å².